The van der Waals surface area contributed by atoms with Crippen LogP contribution in [0.5, 0.6) is 17.2 Å². The summed E-state index contributed by atoms with van der Waals surface area (Å²) in [4.78, 5) is 30.1. The molecule has 4 rings (SSSR count). The molecule has 2 N–H and O–H groups in total. The summed E-state index contributed by atoms with van der Waals surface area (Å²) in [6.45, 7) is 6.34. The Morgan fingerprint density at radius 1 is 0.972 bits per heavy atom. The predicted octanol–water partition coefficient (Wildman–Crippen LogP) is 4.39. The monoisotopic (exact) mass is 496 g/mol. The van der Waals surface area contributed by atoms with Gasteiger partial charge in [-0.25, -0.2) is 0 Å². The summed E-state index contributed by atoms with van der Waals surface area (Å²) in [5.74, 6) is -0.642. The van der Waals surface area contributed by atoms with Crippen LogP contribution in [0.15, 0.2) is 42.5 Å². The number of rotatable bonds is 11. The van der Waals surface area contributed by atoms with E-state index in [4.69, 9.17) is 9.47 Å². The number of unbranched alkanes of at least 4 members (excludes halogenated alkanes) is 2. The van der Waals surface area contributed by atoms with Crippen LogP contribution < -0.4 is 9.47 Å². The van der Waals surface area contributed by atoms with Crippen LogP contribution in [0.4, 0.5) is 0 Å². The molecule has 0 unspecified atom stereocenters. The van der Waals surface area contributed by atoms with E-state index in [0.29, 0.717) is 31.1 Å². The third kappa shape index (κ3) is 5.59. The lowest BCUT2D eigenvalue weighted by molar-refractivity contribution is -0.144. The SMILES string of the molecule is CCCCN(CCCC)C(=O)CN1C[C@H](c2ccc3c(c2)OCO3)[C@H](C(=O)O)[C@H]1c1ccc(O)cc1. The molecule has 1 amide bonds. The smallest absolute Gasteiger partial charge is 0.309 e. The van der Waals surface area contributed by atoms with Crippen LogP contribution in [0.2, 0.25) is 0 Å². The van der Waals surface area contributed by atoms with Gasteiger partial charge in [-0.05, 0) is 48.2 Å². The minimum atomic E-state index is -0.917. The molecule has 1 saturated heterocycles. The number of carbonyl (C=O) groups is 2. The Labute approximate surface area is 212 Å². The van der Waals surface area contributed by atoms with Crippen molar-refractivity contribution in [2.24, 2.45) is 5.92 Å². The number of carboxylic acid groups (broad SMARTS) is 1. The minimum absolute atomic E-state index is 0.0242. The molecular formula is C28H36N2O6. The molecule has 2 heterocycles. The molecule has 8 heteroatoms. The Hall–Kier alpha value is -3.26. The molecule has 3 atom stereocenters. The summed E-state index contributed by atoms with van der Waals surface area (Å²) in [5, 5.41) is 20.2. The van der Waals surface area contributed by atoms with Gasteiger partial charge in [0.2, 0.25) is 12.7 Å². The standard InChI is InChI=1S/C28H36N2O6/c1-3-5-13-29(14-6-4-2)25(32)17-30-16-22(20-9-12-23-24(15-20)36-18-35-23)26(28(33)34)27(30)19-7-10-21(31)11-8-19/h7-12,15,22,26-27,31H,3-6,13-14,16-18H2,1-2H3,(H,33,34)/t22-,26+,27-/m1/s1. The second kappa shape index (κ2) is 11.6. The number of aromatic hydroxyl groups is 1. The zero-order valence-electron chi connectivity index (χ0n) is 21.1. The highest BCUT2D eigenvalue weighted by atomic mass is 16.7. The van der Waals surface area contributed by atoms with E-state index in [1.807, 2.05) is 28.0 Å². The molecule has 36 heavy (non-hydrogen) atoms. The summed E-state index contributed by atoms with van der Waals surface area (Å²) in [5.41, 5.74) is 1.61. The average Bonchev–Trinajstić information content (AvgIpc) is 3.49. The maximum absolute atomic E-state index is 13.5. The van der Waals surface area contributed by atoms with E-state index < -0.39 is 17.9 Å². The second-order valence-corrected chi connectivity index (χ2v) is 9.64. The number of ether oxygens (including phenoxy) is 2. The Bertz CT molecular complexity index is 1050. The summed E-state index contributed by atoms with van der Waals surface area (Å²) in [6.07, 6.45) is 3.88. The van der Waals surface area contributed by atoms with Gasteiger partial charge < -0.3 is 24.6 Å². The van der Waals surface area contributed by atoms with E-state index in [9.17, 15) is 19.8 Å². The number of benzene rings is 2. The predicted molar refractivity (Wildman–Crippen MR) is 135 cm³/mol. The van der Waals surface area contributed by atoms with Crippen LogP contribution in [0.3, 0.4) is 0 Å². The molecule has 2 aliphatic rings. The lowest BCUT2D eigenvalue weighted by atomic mass is 9.82. The van der Waals surface area contributed by atoms with E-state index in [1.165, 1.54) is 0 Å². The molecule has 0 aliphatic carbocycles. The van der Waals surface area contributed by atoms with E-state index >= 15 is 0 Å². The zero-order valence-corrected chi connectivity index (χ0v) is 21.1. The quantitative estimate of drug-likeness (QED) is 0.476. The third-order valence-corrected chi connectivity index (χ3v) is 7.20. The topological polar surface area (TPSA) is 99.5 Å². The first-order valence-electron chi connectivity index (χ1n) is 12.9. The van der Waals surface area contributed by atoms with Gasteiger partial charge in [0.25, 0.3) is 0 Å². The van der Waals surface area contributed by atoms with Gasteiger partial charge in [0.05, 0.1) is 12.5 Å². The highest BCUT2D eigenvalue weighted by Gasteiger charge is 2.48. The number of carbonyl (C=O) groups excluding carboxylic acids is 1. The van der Waals surface area contributed by atoms with Crippen molar-refractivity contribution in [1.82, 2.24) is 9.80 Å². The van der Waals surface area contributed by atoms with Gasteiger partial charge >= 0.3 is 5.97 Å². The van der Waals surface area contributed by atoms with Crippen molar-refractivity contribution in [1.29, 1.82) is 0 Å². The van der Waals surface area contributed by atoms with Crippen molar-refractivity contribution in [3.05, 3.63) is 53.6 Å². The number of hydrogen-bond acceptors (Lipinski definition) is 6. The molecule has 0 aromatic heterocycles. The lowest BCUT2D eigenvalue weighted by Crippen LogP contribution is -2.42. The van der Waals surface area contributed by atoms with Crippen molar-refractivity contribution in [3.8, 4) is 17.2 Å². The first kappa shape index (κ1) is 25.8. The molecule has 0 saturated carbocycles. The van der Waals surface area contributed by atoms with Crippen LogP contribution in [0, 0.1) is 5.92 Å². The molecule has 1 fully saturated rings. The highest BCUT2D eigenvalue weighted by molar-refractivity contribution is 5.79. The normalized spacial score (nSPS) is 21.0. The van der Waals surface area contributed by atoms with Gasteiger partial charge in [-0.2, -0.15) is 0 Å². The van der Waals surface area contributed by atoms with E-state index in [2.05, 4.69) is 13.8 Å². The summed E-state index contributed by atoms with van der Waals surface area (Å²) in [6, 6.07) is 11.7. The number of likely N-dealkylation sites (tertiary alicyclic amines) is 1. The van der Waals surface area contributed by atoms with Crippen molar-refractivity contribution < 1.29 is 29.3 Å². The molecule has 8 nitrogen and oxygen atoms in total. The molecule has 2 aromatic carbocycles. The molecule has 2 aliphatic heterocycles. The number of phenols is 1. The largest absolute Gasteiger partial charge is 0.508 e. The fourth-order valence-electron chi connectivity index (χ4n) is 5.28. The van der Waals surface area contributed by atoms with Crippen molar-refractivity contribution >= 4 is 11.9 Å². The summed E-state index contributed by atoms with van der Waals surface area (Å²) in [7, 11) is 0. The maximum atomic E-state index is 13.5. The Balaban J connectivity index is 1.66. The van der Waals surface area contributed by atoms with Crippen molar-refractivity contribution in [2.75, 3.05) is 33.0 Å². The average molecular weight is 497 g/mol. The fourth-order valence-corrected chi connectivity index (χ4v) is 5.28. The Morgan fingerprint density at radius 3 is 2.25 bits per heavy atom. The second-order valence-electron chi connectivity index (χ2n) is 9.64. The van der Waals surface area contributed by atoms with Gasteiger partial charge in [-0.15, -0.1) is 0 Å². The molecule has 194 valence electrons. The van der Waals surface area contributed by atoms with Crippen LogP contribution in [0.25, 0.3) is 0 Å². The first-order chi connectivity index (χ1) is 17.4. The van der Waals surface area contributed by atoms with Crippen LogP contribution in [-0.4, -0.2) is 64.9 Å². The highest BCUT2D eigenvalue weighted by Crippen LogP contribution is 2.47. The van der Waals surface area contributed by atoms with Crippen LogP contribution in [-0.2, 0) is 9.59 Å². The van der Waals surface area contributed by atoms with E-state index in [0.717, 1.165) is 36.8 Å². The number of hydrogen-bond donors (Lipinski definition) is 2. The number of aliphatic carboxylic acids is 1. The summed E-state index contributed by atoms with van der Waals surface area (Å²) >= 11 is 0. The van der Waals surface area contributed by atoms with Gasteiger partial charge in [0.1, 0.15) is 5.75 Å². The van der Waals surface area contributed by atoms with Gasteiger partial charge in [-0.3, -0.25) is 14.5 Å². The molecule has 2 aromatic rings. The summed E-state index contributed by atoms with van der Waals surface area (Å²) < 4.78 is 11.0. The molecule has 0 bridgehead atoms. The number of nitrogens with zero attached hydrogens (tertiary/aromatic N) is 2. The number of amides is 1. The lowest BCUT2D eigenvalue weighted by Gasteiger charge is -2.30. The Morgan fingerprint density at radius 2 is 1.61 bits per heavy atom. The third-order valence-electron chi connectivity index (χ3n) is 7.20. The molecular weight excluding hydrogens is 460 g/mol. The van der Waals surface area contributed by atoms with Gasteiger partial charge in [0.15, 0.2) is 11.5 Å². The number of fused-ring (bicyclic) bond motifs is 1. The minimum Gasteiger partial charge on any atom is -0.508 e. The fraction of sp³-hybridized carbons (Fsp3) is 0.500. The molecule has 0 radical (unpaired) electrons. The first-order valence-corrected chi connectivity index (χ1v) is 12.9. The van der Waals surface area contributed by atoms with Crippen LogP contribution >= 0.6 is 0 Å². The van der Waals surface area contributed by atoms with E-state index in [1.54, 1.807) is 24.3 Å². The van der Waals surface area contributed by atoms with E-state index in [-0.39, 0.29) is 30.9 Å². The van der Waals surface area contributed by atoms with Crippen LogP contribution in [0.1, 0.15) is 62.6 Å². The maximum Gasteiger partial charge on any atom is 0.309 e. The number of carboxylic acids is 1. The van der Waals surface area contributed by atoms with Gasteiger partial charge in [0, 0.05) is 31.6 Å². The Kier molecular flexibility index (Phi) is 8.36. The molecule has 0 spiro atoms. The van der Waals surface area contributed by atoms with Crippen molar-refractivity contribution in [3.63, 3.8) is 0 Å². The number of phenolic OH excluding ortho intramolecular Hbond substituents is 1. The van der Waals surface area contributed by atoms with Gasteiger partial charge in [-0.1, -0.05) is 44.9 Å². The zero-order chi connectivity index (χ0) is 25.7. The van der Waals surface area contributed by atoms with Crippen molar-refractivity contribution in [2.45, 2.75) is 51.5 Å².